The number of carbonyl (C=O) groups excluding carboxylic acids is 2. The lowest BCUT2D eigenvalue weighted by atomic mass is 10.2. The molecule has 8 heteroatoms. The Balaban J connectivity index is 3.90. The van der Waals surface area contributed by atoms with Crippen LogP contribution in [0, 0.1) is 5.92 Å². The average Bonchev–Trinajstić information content (AvgIpc) is 2.35. The molecule has 3 amide bonds. The number of carboxylic acid groups (broad SMARTS) is 1. The van der Waals surface area contributed by atoms with Crippen molar-refractivity contribution in [2.75, 3.05) is 13.1 Å². The third kappa shape index (κ3) is 8.30. The fourth-order valence-electron chi connectivity index (χ4n) is 1.22. The monoisotopic (exact) mass is 289 g/mol. The topological polar surface area (TPSA) is 128 Å². The number of hydrogen-bond acceptors (Lipinski definition) is 4. The molecule has 0 aromatic rings. The molecule has 116 valence electrons. The Bertz CT molecular complexity index is 346. The number of carbonyl (C=O) groups is 3. The van der Waals surface area contributed by atoms with Crippen molar-refractivity contribution in [3.8, 4) is 0 Å². The smallest absolute Gasteiger partial charge is 0.332 e. The predicted molar refractivity (Wildman–Crippen MR) is 72.1 cm³/mol. The molecule has 0 fully saturated rings. The quantitative estimate of drug-likeness (QED) is 0.403. The highest BCUT2D eigenvalue weighted by Crippen LogP contribution is 1.91. The van der Waals surface area contributed by atoms with Gasteiger partial charge in [0.1, 0.15) is 6.04 Å². The van der Waals surface area contributed by atoms with Crippen LogP contribution in [0.5, 0.6) is 0 Å². The van der Waals surface area contributed by atoms with Crippen molar-refractivity contribution in [3.63, 3.8) is 0 Å². The lowest BCUT2D eigenvalue weighted by Gasteiger charge is -2.16. The van der Waals surface area contributed by atoms with Gasteiger partial charge in [-0.1, -0.05) is 13.8 Å². The molecule has 0 radical (unpaired) electrons. The number of hydrogen-bond donors (Lipinski definition) is 5. The van der Waals surface area contributed by atoms with Crippen LogP contribution in [0.15, 0.2) is 0 Å². The molecule has 0 rings (SSSR count). The van der Waals surface area contributed by atoms with Gasteiger partial charge in [0.05, 0.1) is 0 Å². The van der Waals surface area contributed by atoms with Gasteiger partial charge >= 0.3 is 12.0 Å². The summed E-state index contributed by atoms with van der Waals surface area (Å²) in [6.07, 6.45) is -1.61. The molecule has 0 saturated heterocycles. The molecule has 0 aromatic carbocycles. The van der Waals surface area contributed by atoms with Gasteiger partial charge in [0.15, 0.2) is 6.10 Å². The second-order valence-corrected chi connectivity index (χ2v) is 4.90. The van der Waals surface area contributed by atoms with Crippen LogP contribution in [0.4, 0.5) is 4.79 Å². The normalized spacial score (nSPS) is 13.4. The van der Waals surface area contributed by atoms with Crippen molar-refractivity contribution in [2.24, 2.45) is 5.92 Å². The van der Waals surface area contributed by atoms with Crippen LogP contribution in [0.2, 0.25) is 0 Å². The number of amides is 3. The zero-order chi connectivity index (χ0) is 15.7. The Morgan fingerprint density at radius 3 is 2.20 bits per heavy atom. The summed E-state index contributed by atoms with van der Waals surface area (Å²) in [5.41, 5.74) is 0. The number of carboxylic acids is 1. The van der Waals surface area contributed by atoms with E-state index in [0.717, 1.165) is 0 Å². The molecule has 0 aliphatic rings. The minimum absolute atomic E-state index is 0.000364. The van der Waals surface area contributed by atoms with Crippen molar-refractivity contribution in [1.82, 2.24) is 16.0 Å². The average molecular weight is 289 g/mol. The summed E-state index contributed by atoms with van der Waals surface area (Å²) in [7, 11) is 0. The maximum absolute atomic E-state index is 11.6. The molecule has 0 heterocycles. The summed E-state index contributed by atoms with van der Waals surface area (Å²) in [6, 6.07) is -1.28. The van der Waals surface area contributed by atoms with E-state index in [1.165, 1.54) is 0 Å². The molecule has 0 saturated carbocycles. The molecule has 20 heavy (non-hydrogen) atoms. The number of aliphatic hydroxyl groups is 1. The molecule has 0 bridgehead atoms. The molecule has 5 N–H and O–H groups in total. The summed E-state index contributed by atoms with van der Waals surface area (Å²) in [6.45, 7) is 5.98. The van der Waals surface area contributed by atoms with Crippen molar-refractivity contribution in [2.45, 2.75) is 39.3 Å². The fourth-order valence-corrected chi connectivity index (χ4v) is 1.22. The van der Waals surface area contributed by atoms with Crippen molar-refractivity contribution >= 4 is 17.9 Å². The molecule has 8 nitrogen and oxygen atoms in total. The van der Waals surface area contributed by atoms with Crippen LogP contribution in [0.25, 0.3) is 0 Å². The van der Waals surface area contributed by atoms with Crippen molar-refractivity contribution in [3.05, 3.63) is 0 Å². The van der Waals surface area contributed by atoms with E-state index < -0.39 is 24.1 Å². The summed E-state index contributed by atoms with van der Waals surface area (Å²) in [4.78, 5) is 33.3. The highest BCUT2D eigenvalue weighted by molar-refractivity contribution is 5.86. The summed E-state index contributed by atoms with van der Waals surface area (Å²) < 4.78 is 0. The maximum Gasteiger partial charge on any atom is 0.332 e. The Morgan fingerprint density at radius 2 is 1.70 bits per heavy atom. The first kappa shape index (κ1) is 18.2. The molecular weight excluding hydrogens is 266 g/mol. The van der Waals surface area contributed by atoms with E-state index in [9.17, 15) is 14.4 Å². The highest BCUT2D eigenvalue weighted by atomic mass is 16.4. The van der Waals surface area contributed by atoms with Gasteiger partial charge in [-0.05, 0) is 12.8 Å². The molecule has 2 atom stereocenters. The molecule has 0 spiro atoms. The van der Waals surface area contributed by atoms with Crippen LogP contribution in [-0.4, -0.2) is 53.4 Å². The second-order valence-electron chi connectivity index (χ2n) is 4.90. The van der Waals surface area contributed by atoms with E-state index in [1.807, 2.05) is 13.8 Å². The van der Waals surface area contributed by atoms with Crippen LogP contribution in [0.1, 0.15) is 27.2 Å². The van der Waals surface area contributed by atoms with Crippen LogP contribution < -0.4 is 16.0 Å². The Hall–Kier alpha value is -1.83. The van der Waals surface area contributed by atoms with Crippen molar-refractivity contribution in [1.29, 1.82) is 0 Å². The minimum atomic E-state index is -1.51. The maximum atomic E-state index is 11.6. The molecular formula is C12H23N3O5. The fraction of sp³-hybridized carbons (Fsp3) is 0.750. The van der Waals surface area contributed by atoms with Gasteiger partial charge in [-0.15, -0.1) is 0 Å². The van der Waals surface area contributed by atoms with Gasteiger partial charge in [0.25, 0.3) is 0 Å². The van der Waals surface area contributed by atoms with Gasteiger partial charge in [0.2, 0.25) is 5.91 Å². The zero-order valence-corrected chi connectivity index (χ0v) is 12.0. The van der Waals surface area contributed by atoms with Gasteiger partial charge < -0.3 is 26.2 Å². The van der Waals surface area contributed by atoms with E-state index in [2.05, 4.69) is 16.0 Å². The van der Waals surface area contributed by atoms with Crippen LogP contribution >= 0.6 is 0 Å². The summed E-state index contributed by atoms with van der Waals surface area (Å²) in [5, 5.41) is 24.9. The number of nitrogens with one attached hydrogen (secondary N) is 3. The highest BCUT2D eigenvalue weighted by Gasteiger charge is 2.16. The molecule has 0 aliphatic heterocycles. The third-order valence-corrected chi connectivity index (χ3v) is 2.41. The Kier molecular flexibility index (Phi) is 8.30. The van der Waals surface area contributed by atoms with Gasteiger partial charge in [0, 0.05) is 19.5 Å². The number of urea groups is 1. The van der Waals surface area contributed by atoms with E-state index >= 15 is 0 Å². The minimum Gasteiger partial charge on any atom is -0.479 e. The van der Waals surface area contributed by atoms with Crippen LogP contribution in [0.3, 0.4) is 0 Å². The van der Waals surface area contributed by atoms with E-state index in [0.29, 0.717) is 12.5 Å². The first-order chi connectivity index (χ1) is 9.23. The first-order valence-electron chi connectivity index (χ1n) is 6.47. The van der Waals surface area contributed by atoms with Gasteiger partial charge in [-0.25, -0.2) is 9.59 Å². The largest absolute Gasteiger partial charge is 0.479 e. The molecule has 2 unspecified atom stereocenters. The summed E-state index contributed by atoms with van der Waals surface area (Å²) in [5.74, 6) is -1.31. The van der Waals surface area contributed by atoms with Gasteiger partial charge in [-0.3, -0.25) is 4.79 Å². The van der Waals surface area contributed by atoms with Gasteiger partial charge in [-0.2, -0.15) is 0 Å². The summed E-state index contributed by atoms with van der Waals surface area (Å²) >= 11 is 0. The lowest BCUT2D eigenvalue weighted by Crippen LogP contribution is -2.49. The standard InChI is InChI=1S/C12H23N3O5/c1-7(2)6-14-10(17)8(3)15-12(20)13-5-4-9(16)11(18)19/h7-9,16H,4-6H2,1-3H3,(H,14,17)(H,18,19)(H2,13,15,20). The number of aliphatic hydroxyl groups excluding tert-OH is 1. The van der Waals surface area contributed by atoms with Crippen molar-refractivity contribution < 1.29 is 24.6 Å². The Morgan fingerprint density at radius 1 is 1.10 bits per heavy atom. The van der Waals surface area contributed by atoms with E-state index in [-0.39, 0.29) is 18.9 Å². The first-order valence-corrected chi connectivity index (χ1v) is 6.47. The second kappa shape index (κ2) is 9.13. The third-order valence-electron chi connectivity index (χ3n) is 2.41. The lowest BCUT2D eigenvalue weighted by molar-refractivity contribution is -0.146. The Labute approximate surface area is 117 Å². The molecule has 0 aliphatic carbocycles. The van der Waals surface area contributed by atoms with Crippen LogP contribution in [-0.2, 0) is 9.59 Å². The predicted octanol–water partition coefficient (Wildman–Crippen LogP) is -0.718. The number of rotatable bonds is 8. The molecule has 0 aromatic heterocycles. The SMILES string of the molecule is CC(C)CNC(=O)C(C)NC(=O)NCCC(O)C(=O)O. The van der Waals surface area contributed by atoms with E-state index in [4.69, 9.17) is 10.2 Å². The zero-order valence-electron chi connectivity index (χ0n) is 12.0. The number of aliphatic carboxylic acids is 1. The van der Waals surface area contributed by atoms with E-state index in [1.54, 1.807) is 6.92 Å².